The van der Waals surface area contributed by atoms with E-state index in [9.17, 15) is 5.11 Å². The van der Waals surface area contributed by atoms with Crippen molar-refractivity contribution in [2.75, 3.05) is 0 Å². The van der Waals surface area contributed by atoms with Crippen molar-refractivity contribution in [2.24, 2.45) is 0 Å². The summed E-state index contributed by atoms with van der Waals surface area (Å²) in [6.45, 7) is 8.16. The van der Waals surface area contributed by atoms with Crippen molar-refractivity contribution in [3.05, 3.63) is 34.4 Å². The van der Waals surface area contributed by atoms with Gasteiger partial charge in [0.15, 0.2) is 0 Å². The second-order valence-electron chi connectivity index (χ2n) is 3.92. The summed E-state index contributed by atoms with van der Waals surface area (Å²) in [6.07, 6.45) is 0.508. The van der Waals surface area contributed by atoms with Crippen molar-refractivity contribution in [3.63, 3.8) is 0 Å². The number of hydrogen-bond acceptors (Lipinski definition) is 1. The normalized spacial score (nSPS) is 13.0. The van der Waals surface area contributed by atoms with Gasteiger partial charge in [0.25, 0.3) is 0 Å². The molecule has 72 valence electrons. The van der Waals surface area contributed by atoms with Gasteiger partial charge in [0.1, 0.15) is 0 Å². The van der Waals surface area contributed by atoms with E-state index in [0.29, 0.717) is 0 Å². The molecular weight excluding hydrogens is 160 g/mol. The third kappa shape index (κ3) is 2.56. The van der Waals surface area contributed by atoms with E-state index in [1.807, 2.05) is 6.92 Å². The lowest BCUT2D eigenvalue weighted by molar-refractivity contribution is 0.195. The molecule has 13 heavy (non-hydrogen) atoms. The SMILES string of the molecule is Cc1cc(C)c(CC(C)O)cc1C. The fourth-order valence-corrected chi connectivity index (χ4v) is 1.56. The van der Waals surface area contributed by atoms with Crippen molar-refractivity contribution >= 4 is 0 Å². The molecule has 0 aliphatic carbocycles. The van der Waals surface area contributed by atoms with E-state index in [1.54, 1.807) is 0 Å². The van der Waals surface area contributed by atoms with Crippen LogP contribution in [-0.4, -0.2) is 11.2 Å². The van der Waals surface area contributed by atoms with Gasteiger partial charge < -0.3 is 5.11 Å². The highest BCUT2D eigenvalue weighted by atomic mass is 16.3. The Kier molecular flexibility index (Phi) is 3.10. The Morgan fingerprint density at radius 3 is 2.15 bits per heavy atom. The summed E-state index contributed by atoms with van der Waals surface area (Å²) in [4.78, 5) is 0. The van der Waals surface area contributed by atoms with Crippen molar-refractivity contribution in [1.82, 2.24) is 0 Å². The summed E-state index contributed by atoms with van der Waals surface area (Å²) in [5, 5.41) is 9.29. The van der Waals surface area contributed by atoms with E-state index in [-0.39, 0.29) is 6.10 Å². The Balaban J connectivity index is 3.01. The number of aliphatic hydroxyl groups is 1. The van der Waals surface area contributed by atoms with E-state index in [0.717, 1.165) is 6.42 Å². The first kappa shape index (κ1) is 10.3. The molecule has 0 heterocycles. The molecule has 0 aliphatic heterocycles. The van der Waals surface area contributed by atoms with Crippen molar-refractivity contribution in [3.8, 4) is 0 Å². The summed E-state index contributed by atoms with van der Waals surface area (Å²) in [7, 11) is 0. The van der Waals surface area contributed by atoms with E-state index in [1.165, 1.54) is 22.3 Å². The molecule has 1 unspecified atom stereocenters. The highest BCUT2D eigenvalue weighted by Gasteiger charge is 2.04. The minimum absolute atomic E-state index is 0.249. The Morgan fingerprint density at radius 2 is 1.62 bits per heavy atom. The Hall–Kier alpha value is -0.820. The zero-order valence-corrected chi connectivity index (χ0v) is 8.89. The Morgan fingerprint density at radius 1 is 1.08 bits per heavy atom. The largest absolute Gasteiger partial charge is 0.393 e. The topological polar surface area (TPSA) is 20.2 Å². The molecule has 0 saturated heterocycles. The molecule has 1 N–H and O–H groups in total. The van der Waals surface area contributed by atoms with Gasteiger partial charge in [-0.15, -0.1) is 0 Å². The minimum atomic E-state index is -0.249. The fourth-order valence-electron chi connectivity index (χ4n) is 1.56. The minimum Gasteiger partial charge on any atom is -0.393 e. The predicted octanol–water partition coefficient (Wildman–Crippen LogP) is 2.54. The lowest BCUT2D eigenvalue weighted by atomic mass is 9.97. The average molecular weight is 178 g/mol. The standard InChI is InChI=1S/C12H18O/c1-8-5-10(3)12(6-9(8)2)7-11(4)13/h5-6,11,13H,7H2,1-4H3. The van der Waals surface area contributed by atoms with Crippen LogP contribution >= 0.6 is 0 Å². The van der Waals surface area contributed by atoms with E-state index < -0.39 is 0 Å². The molecule has 1 aromatic carbocycles. The highest BCUT2D eigenvalue weighted by molar-refractivity contribution is 5.36. The van der Waals surface area contributed by atoms with Crippen LogP contribution in [0.2, 0.25) is 0 Å². The monoisotopic (exact) mass is 178 g/mol. The molecule has 1 aromatic rings. The molecule has 1 rings (SSSR count). The first-order valence-corrected chi connectivity index (χ1v) is 4.75. The van der Waals surface area contributed by atoms with Crippen molar-refractivity contribution < 1.29 is 5.11 Å². The van der Waals surface area contributed by atoms with Gasteiger partial charge in [-0.2, -0.15) is 0 Å². The van der Waals surface area contributed by atoms with Gasteiger partial charge in [-0.3, -0.25) is 0 Å². The number of benzene rings is 1. The maximum atomic E-state index is 9.29. The van der Waals surface area contributed by atoms with Gasteiger partial charge in [0.05, 0.1) is 6.10 Å². The summed E-state index contributed by atoms with van der Waals surface area (Å²) < 4.78 is 0. The quantitative estimate of drug-likeness (QED) is 0.738. The third-order valence-electron chi connectivity index (χ3n) is 2.47. The molecule has 0 aromatic heterocycles. The van der Waals surface area contributed by atoms with E-state index in [4.69, 9.17) is 0 Å². The lowest BCUT2D eigenvalue weighted by Gasteiger charge is -2.11. The van der Waals surface area contributed by atoms with Gasteiger partial charge in [-0.05, 0) is 56.4 Å². The Bertz CT molecular complexity index is 300. The molecule has 0 fully saturated rings. The van der Waals surface area contributed by atoms with Crippen LogP contribution in [0.25, 0.3) is 0 Å². The third-order valence-corrected chi connectivity index (χ3v) is 2.47. The smallest absolute Gasteiger partial charge is 0.0552 e. The van der Waals surface area contributed by atoms with Gasteiger partial charge in [-0.1, -0.05) is 12.1 Å². The van der Waals surface area contributed by atoms with Gasteiger partial charge in [0, 0.05) is 0 Å². The second kappa shape index (κ2) is 3.93. The van der Waals surface area contributed by atoms with Crippen LogP contribution in [0, 0.1) is 20.8 Å². The van der Waals surface area contributed by atoms with Crippen LogP contribution in [0.3, 0.4) is 0 Å². The molecule has 1 nitrogen and oxygen atoms in total. The molecule has 1 atom stereocenters. The Labute approximate surface area is 80.4 Å². The lowest BCUT2D eigenvalue weighted by Crippen LogP contribution is -2.06. The first-order chi connectivity index (χ1) is 6.00. The molecule has 0 bridgehead atoms. The molecule has 0 aliphatic rings. The maximum Gasteiger partial charge on any atom is 0.0552 e. The summed E-state index contributed by atoms with van der Waals surface area (Å²) in [5.74, 6) is 0. The number of rotatable bonds is 2. The van der Waals surface area contributed by atoms with Crippen LogP contribution in [0.5, 0.6) is 0 Å². The average Bonchev–Trinajstić information content (AvgIpc) is 1.99. The van der Waals surface area contributed by atoms with Crippen LogP contribution in [0.1, 0.15) is 29.2 Å². The molecule has 0 radical (unpaired) electrons. The van der Waals surface area contributed by atoms with E-state index >= 15 is 0 Å². The number of aryl methyl sites for hydroxylation is 3. The van der Waals surface area contributed by atoms with Gasteiger partial charge >= 0.3 is 0 Å². The van der Waals surface area contributed by atoms with Crippen LogP contribution in [0.4, 0.5) is 0 Å². The molecule has 0 saturated carbocycles. The highest BCUT2D eigenvalue weighted by Crippen LogP contribution is 2.16. The maximum absolute atomic E-state index is 9.29. The predicted molar refractivity (Wildman–Crippen MR) is 56.0 cm³/mol. The van der Waals surface area contributed by atoms with E-state index in [2.05, 4.69) is 32.9 Å². The van der Waals surface area contributed by atoms with Crippen molar-refractivity contribution in [2.45, 2.75) is 40.2 Å². The van der Waals surface area contributed by atoms with Gasteiger partial charge in [0.2, 0.25) is 0 Å². The van der Waals surface area contributed by atoms with Crippen LogP contribution in [0.15, 0.2) is 12.1 Å². The summed E-state index contributed by atoms with van der Waals surface area (Å²) in [5.41, 5.74) is 5.18. The summed E-state index contributed by atoms with van der Waals surface area (Å²) in [6, 6.07) is 4.37. The molecule has 0 spiro atoms. The van der Waals surface area contributed by atoms with Crippen LogP contribution in [-0.2, 0) is 6.42 Å². The fraction of sp³-hybridized carbons (Fsp3) is 0.500. The number of hydrogen-bond donors (Lipinski definition) is 1. The first-order valence-electron chi connectivity index (χ1n) is 4.75. The van der Waals surface area contributed by atoms with Crippen molar-refractivity contribution in [1.29, 1.82) is 0 Å². The zero-order valence-electron chi connectivity index (χ0n) is 8.89. The molecule has 0 amide bonds. The molecular formula is C12H18O. The second-order valence-corrected chi connectivity index (χ2v) is 3.92. The zero-order chi connectivity index (χ0) is 10.0. The number of aliphatic hydroxyl groups excluding tert-OH is 1. The van der Waals surface area contributed by atoms with Gasteiger partial charge in [-0.25, -0.2) is 0 Å². The van der Waals surface area contributed by atoms with Crippen LogP contribution < -0.4 is 0 Å². The molecule has 1 heteroatoms. The summed E-state index contributed by atoms with van der Waals surface area (Å²) >= 11 is 0.